The smallest absolute Gasteiger partial charge is 0.324 e. The highest BCUT2D eigenvalue weighted by atomic mass is 16.5. The Morgan fingerprint density at radius 3 is 2.67 bits per heavy atom. The van der Waals surface area contributed by atoms with Crippen molar-refractivity contribution in [2.45, 2.75) is 24.5 Å². The molecule has 0 aromatic heterocycles. The number of carboxylic acids is 1. The lowest BCUT2D eigenvalue weighted by Crippen LogP contribution is -2.34. The molecule has 1 saturated carbocycles. The average molecular weight is 283 g/mol. The van der Waals surface area contributed by atoms with Crippen molar-refractivity contribution >= 4 is 5.97 Å². The maximum Gasteiger partial charge on any atom is 0.324 e. The van der Waals surface area contributed by atoms with Crippen molar-refractivity contribution in [2.75, 3.05) is 0 Å². The number of carboxylic acid groups (broad SMARTS) is 1. The number of aliphatic carboxylic acids is 1. The molecular formula is C17H17NO3. The number of carbonyl (C=O) groups is 1. The lowest BCUT2D eigenvalue weighted by atomic mass is 10.1. The molecule has 2 aromatic carbocycles. The summed E-state index contributed by atoms with van der Waals surface area (Å²) in [7, 11) is 0. The molecule has 1 aliphatic rings. The summed E-state index contributed by atoms with van der Waals surface area (Å²) >= 11 is 0. The van der Waals surface area contributed by atoms with E-state index in [0.717, 1.165) is 16.9 Å². The molecule has 0 bridgehead atoms. The van der Waals surface area contributed by atoms with Crippen LogP contribution in [0.15, 0.2) is 54.6 Å². The van der Waals surface area contributed by atoms with Crippen molar-refractivity contribution in [1.29, 1.82) is 0 Å². The molecule has 0 heterocycles. The SMILES string of the molecule is NC1(C(=O)O)CC1c1cccc(OCc2ccccc2)c1. The van der Waals surface area contributed by atoms with Crippen molar-refractivity contribution in [2.24, 2.45) is 5.73 Å². The number of rotatable bonds is 5. The van der Waals surface area contributed by atoms with Crippen LogP contribution in [0.2, 0.25) is 0 Å². The zero-order chi connectivity index (χ0) is 14.9. The first-order chi connectivity index (χ1) is 10.1. The summed E-state index contributed by atoms with van der Waals surface area (Å²) in [6.45, 7) is 0.488. The van der Waals surface area contributed by atoms with E-state index in [1.165, 1.54) is 0 Å². The van der Waals surface area contributed by atoms with Crippen LogP contribution in [0.4, 0.5) is 0 Å². The van der Waals surface area contributed by atoms with Crippen LogP contribution in [0.5, 0.6) is 5.75 Å². The largest absolute Gasteiger partial charge is 0.489 e. The summed E-state index contributed by atoms with van der Waals surface area (Å²) in [5.41, 5.74) is 6.74. The standard InChI is InChI=1S/C17H17NO3/c18-17(16(19)20)10-15(17)13-7-4-8-14(9-13)21-11-12-5-2-1-3-6-12/h1-9,15H,10-11,18H2,(H,19,20). The monoisotopic (exact) mass is 283 g/mol. The fourth-order valence-electron chi connectivity index (χ4n) is 2.49. The molecule has 1 aliphatic carbocycles. The van der Waals surface area contributed by atoms with E-state index in [2.05, 4.69) is 0 Å². The van der Waals surface area contributed by atoms with Gasteiger partial charge in [-0.2, -0.15) is 0 Å². The molecule has 0 spiro atoms. The van der Waals surface area contributed by atoms with Crippen LogP contribution >= 0.6 is 0 Å². The van der Waals surface area contributed by atoms with Crippen molar-refractivity contribution < 1.29 is 14.6 Å². The zero-order valence-corrected chi connectivity index (χ0v) is 11.5. The number of nitrogens with two attached hydrogens (primary N) is 1. The predicted molar refractivity (Wildman–Crippen MR) is 79.1 cm³/mol. The molecule has 108 valence electrons. The number of benzene rings is 2. The normalized spacial score (nSPS) is 23.6. The summed E-state index contributed by atoms with van der Waals surface area (Å²) in [5, 5.41) is 9.11. The van der Waals surface area contributed by atoms with Crippen molar-refractivity contribution in [3.05, 3.63) is 65.7 Å². The van der Waals surface area contributed by atoms with Gasteiger partial charge in [-0.1, -0.05) is 42.5 Å². The number of ether oxygens (including phenoxy) is 1. The Morgan fingerprint density at radius 2 is 2.00 bits per heavy atom. The highest BCUT2D eigenvalue weighted by Crippen LogP contribution is 2.50. The van der Waals surface area contributed by atoms with Crippen LogP contribution < -0.4 is 10.5 Å². The molecule has 0 radical (unpaired) electrons. The highest BCUT2D eigenvalue weighted by molar-refractivity contribution is 5.84. The first-order valence-corrected chi connectivity index (χ1v) is 6.88. The van der Waals surface area contributed by atoms with E-state index < -0.39 is 11.5 Å². The fraction of sp³-hybridized carbons (Fsp3) is 0.235. The fourth-order valence-corrected chi connectivity index (χ4v) is 2.49. The summed E-state index contributed by atoms with van der Waals surface area (Å²) in [5.74, 6) is -0.339. The van der Waals surface area contributed by atoms with Crippen LogP contribution in [-0.2, 0) is 11.4 Å². The van der Waals surface area contributed by atoms with Gasteiger partial charge in [0.25, 0.3) is 0 Å². The molecule has 3 N–H and O–H groups in total. The molecule has 0 aliphatic heterocycles. The maximum absolute atomic E-state index is 11.1. The summed E-state index contributed by atoms with van der Waals surface area (Å²) < 4.78 is 5.75. The molecule has 0 saturated heterocycles. The second-order valence-corrected chi connectivity index (χ2v) is 5.45. The van der Waals surface area contributed by atoms with E-state index in [1.54, 1.807) is 0 Å². The zero-order valence-electron chi connectivity index (χ0n) is 11.5. The molecule has 21 heavy (non-hydrogen) atoms. The molecule has 1 fully saturated rings. The van der Waals surface area contributed by atoms with Crippen molar-refractivity contribution in [1.82, 2.24) is 0 Å². The van der Waals surface area contributed by atoms with Gasteiger partial charge in [-0.3, -0.25) is 4.79 Å². The Kier molecular flexibility index (Phi) is 3.39. The second-order valence-electron chi connectivity index (χ2n) is 5.45. The second kappa shape index (κ2) is 5.22. The van der Waals surface area contributed by atoms with Gasteiger partial charge in [0.15, 0.2) is 0 Å². The van der Waals surface area contributed by atoms with Crippen LogP contribution in [0.3, 0.4) is 0 Å². The topological polar surface area (TPSA) is 72.6 Å². The molecule has 4 nitrogen and oxygen atoms in total. The van der Waals surface area contributed by atoms with E-state index >= 15 is 0 Å². The van der Waals surface area contributed by atoms with Gasteiger partial charge in [-0.15, -0.1) is 0 Å². The third-order valence-electron chi connectivity index (χ3n) is 3.91. The molecule has 3 rings (SSSR count). The van der Waals surface area contributed by atoms with Gasteiger partial charge in [0.1, 0.15) is 17.9 Å². The Hall–Kier alpha value is -2.33. The first kappa shape index (κ1) is 13.6. The van der Waals surface area contributed by atoms with E-state index in [0.29, 0.717) is 13.0 Å². The van der Waals surface area contributed by atoms with E-state index in [9.17, 15) is 4.79 Å². The Labute approximate surface area is 123 Å². The molecule has 2 atom stereocenters. The van der Waals surface area contributed by atoms with Gasteiger partial charge in [0, 0.05) is 5.92 Å². The Bertz CT molecular complexity index is 656. The van der Waals surface area contributed by atoms with Gasteiger partial charge in [-0.25, -0.2) is 0 Å². The van der Waals surface area contributed by atoms with Crippen LogP contribution in [0.1, 0.15) is 23.5 Å². The van der Waals surface area contributed by atoms with E-state index in [-0.39, 0.29) is 5.92 Å². The average Bonchev–Trinajstić information content (AvgIpc) is 3.20. The van der Waals surface area contributed by atoms with E-state index in [4.69, 9.17) is 15.6 Å². The van der Waals surface area contributed by atoms with Crippen LogP contribution in [0, 0.1) is 0 Å². The minimum absolute atomic E-state index is 0.129. The summed E-state index contributed by atoms with van der Waals surface area (Å²) in [6.07, 6.45) is 0.477. The van der Waals surface area contributed by atoms with Gasteiger partial charge >= 0.3 is 5.97 Å². The number of hydrogen-bond donors (Lipinski definition) is 2. The Balaban J connectivity index is 1.69. The molecule has 0 amide bonds. The van der Waals surface area contributed by atoms with Crippen LogP contribution in [-0.4, -0.2) is 16.6 Å². The third kappa shape index (κ3) is 2.76. The van der Waals surface area contributed by atoms with Gasteiger partial charge in [0.2, 0.25) is 0 Å². The lowest BCUT2D eigenvalue weighted by Gasteiger charge is -2.09. The van der Waals surface area contributed by atoms with Crippen LogP contribution in [0.25, 0.3) is 0 Å². The molecule has 4 heteroatoms. The highest BCUT2D eigenvalue weighted by Gasteiger charge is 2.58. The number of hydrogen-bond acceptors (Lipinski definition) is 3. The maximum atomic E-state index is 11.1. The van der Waals surface area contributed by atoms with Crippen molar-refractivity contribution in [3.8, 4) is 5.75 Å². The molecule has 2 aromatic rings. The first-order valence-electron chi connectivity index (χ1n) is 6.88. The lowest BCUT2D eigenvalue weighted by molar-refractivity contribution is -0.139. The summed E-state index contributed by atoms with van der Waals surface area (Å²) in [6, 6.07) is 17.4. The minimum Gasteiger partial charge on any atom is -0.489 e. The quantitative estimate of drug-likeness (QED) is 0.884. The van der Waals surface area contributed by atoms with Gasteiger partial charge in [-0.05, 0) is 29.7 Å². The predicted octanol–water partition coefficient (Wildman–Crippen LogP) is 2.54. The van der Waals surface area contributed by atoms with Gasteiger partial charge in [0.05, 0.1) is 0 Å². The van der Waals surface area contributed by atoms with E-state index in [1.807, 2.05) is 54.6 Å². The summed E-state index contributed by atoms with van der Waals surface area (Å²) in [4.78, 5) is 11.1. The third-order valence-corrected chi connectivity index (χ3v) is 3.91. The van der Waals surface area contributed by atoms with Gasteiger partial charge < -0.3 is 15.6 Å². The minimum atomic E-state index is -1.11. The molecular weight excluding hydrogens is 266 g/mol. The molecule has 2 unspecified atom stereocenters. The Morgan fingerprint density at radius 1 is 1.24 bits per heavy atom. The van der Waals surface area contributed by atoms with Crippen molar-refractivity contribution in [3.63, 3.8) is 0 Å².